The van der Waals surface area contributed by atoms with E-state index in [9.17, 15) is 15.0 Å². The Labute approximate surface area is 265 Å². The van der Waals surface area contributed by atoms with Crippen molar-refractivity contribution < 1.29 is 24.5 Å². The van der Waals surface area contributed by atoms with Crippen LogP contribution in [0.1, 0.15) is 29.3 Å². The van der Waals surface area contributed by atoms with E-state index in [4.69, 9.17) is 19.4 Å². The van der Waals surface area contributed by atoms with Gasteiger partial charge in [0, 0.05) is 16.7 Å². The fraction of sp³-hybridized carbons (Fsp3) is 0.321. The second-order valence-corrected chi connectivity index (χ2v) is 11.3. The number of carbonyl (C=O) groups is 1. The van der Waals surface area contributed by atoms with Gasteiger partial charge in [0.2, 0.25) is 11.8 Å². The SMILES string of the molecule is Cn1nnc([C@H]2O[C@@H](n3cnc4c(NCc5cccc(I)c5)nc(N(CO)CCc5ccccc5)nc43)[C@H](O)[C@@H]2OC=O)n1. The van der Waals surface area contributed by atoms with Crippen LogP contribution in [0.5, 0.6) is 0 Å². The molecule has 3 N–H and O–H groups in total. The van der Waals surface area contributed by atoms with Gasteiger partial charge in [-0.3, -0.25) is 9.36 Å². The van der Waals surface area contributed by atoms with Crippen molar-refractivity contribution in [3.05, 3.63) is 81.4 Å². The van der Waals surface area contributed by atoms with E-state index in [1.54, 1.807) is 16.5 Å². The number of rotatable bonds is 12. The van der Waals surface area contributed by atoms with Crippen LogP contribution in [0.4, 0.5) is 11.8 Å². The smallest absolute Gasteiger partial charge is 0.293 e. The molecule has 5 aromatic rings. The first kappa shape index (κ1) is 29.8. The highest BCUT2D eigenvalue weighted by molar-refractivity contribution is 14.1. The summed E-state index contributed by atoms with van der Waals surface area (Å²) in [6, 6.07) is 18.0. The standard InChI is InChI=1S/C28H29IN10O5/c1-37-35-25(34-36-37)23-22(43-16-41)21(42)27(44-23)39-14-31-20-24(30-13-18-8-5-9-19(29)12-18)32-28(33-26(20)39)38(15-40)11-10-17-6-3-2-4-7-17/h2-9,12,14,16,21-23,27,40,42H,10-11,13,15H2,1H3,(H,30,32,33)/t21-,22+,23+,27-/m1/s1. The monoisotopic (exact) mass is 712 g/mol. The summed E-state index contributed by atoms with van der Waals surface area (Å²) in [5.74, 6) is 0.831. The van der Waals surface area contributed by atoms with Gasteiger partial charge in [-0.2, -0.15) is 14.8 Å². The number of tetrazole rings is 1. The average Bonchev–Trinajstić information content (AvgIpc) is 3.74. The Morgan fingerprint density at radius 1 is 1.16 bits per heavy atom. The third-order valence-corrected chi connectivity index (χ3v) is 7.87. The van der Waals surface area contributed by atoms with Crippen molar-refractivity contribution >= 4 is 52.0 Å². The summed E-state index contributed by atoms with van der Waals surface area (Å²) in [6.45, 7) is 0.806. The molecule has 44 heavy (non-hydrogen) atoms. The summed E-state index contributed by atoms with van der Waals surface area (Å²) in [5.41, 5.74) is 2.89. The molecular weight excluding hydrogens is 683 g/mol. The third kappa shape index (κ3) is 6.19. The van der Waals surface area contributed by atoms with Crippen LogP contribution in [0.2, 0.25) is 0 Å². The Hall–Kier alpha value is -4.26. The highest BCUT2D eigenvalue weighted by atomic mass is 127. The number of aliphatic hydroxyl groups is 2. The Bertz CT molecular complexity index is 1730. The molecule has 0 bridgehead atoms. The first-order chi connectivity index (χ1) is 21.4. The molecule has 1 saturated heterocycles. The normalized spacial score (nSPS) is 19.7. The summed E-state index contributed by atoms with van der Waals surface area (Å²) in [7, 11) is 1.59. The molecule has 0 saturated carbocycles. The maximum absolute atomic E-state index is 11.3. The zero-order valence-electron chi connectivity index (χ0n) is 23.5. The molecule has 4 heterocycles. The minimum Gasteiger partial charge on any atom is -0.458 e. The molecule has 2 aromatic carbocycles. The van der Waals surface area contributed by atoms with Crippen molar-refractivity contribution in [1.82, 2.24) is 39.7 Å². The Balaban J connectivity index is 1.37. The van der Waals surface area contributed by atoms with Gasteiger partial charge in [-0.25, -0.2) is 4.98 Å². The number of nitrogens with one attached hydrogen (secondary N) is 1. The minimum absolute atomic E-state index is 0.146. The number of imidazole rings is 1. The van der Waals surface area contributed by atoms with E-state index in [-0.39, 0.29) is 25.0 Å². The van der Waals surface area contributed by atoms with Gasteiger partial charge in [0.05, 0.1) is 13.4 Å². The number of halogens is 1. The van der Waals surface area contributed by atoms with Crippen molar-refractivity contribution in [2.75, 3.05) is 23.5 Å². The first-order valence-electron chi connectivity index (χ1n) is 13.7. The van der Waals surface area contributed by atoms with Gasteiger partial charge in [0.25, 0.3) is 6.47 Å². The predicted molar refractivity (Wildman–Crippen MR) is 165 cm³/mol. The molecule has 15 nitrogen and oxygen atoms in total. The van der Waals surface area contributed by atoms with Crippen LogP contribution in [0.25, 0.3) is 11.2 Å². The molecule has 0 amide bonds. The lowest BCUT2D eigenvalue weighted by molar-refractivity contribution is -0.140. The van der Waals surface area contributed by atoms with Crippen LogP contribution >= 0.6 is 22.6 Å². The van der Waals surface area contributed by atoms with Gasteiger partial charge in [0.15, 0.2) is 35.4 Å². The number of aliphatic hydroxyl groups excluding tert-OH is 2. The molecule has 1 aliphatic heterocycles. The van der Waals surface area contributed by atoms with Crippen molar-refractivity contribution in [3.63, 3.8) is 0 Å². The van der Waals surface area contributed by atoms with E-state index in [1.807, 2.05) is 48.5 Å². The summed E-state index contributed by atoms with van der Waals surface area (Å²) < 4.78 is 14.0. The Morgan fingerprint density at radius 2 is 1.98 bits per heavy atom. The maximum atomic E-state index is 11.3. The van der Waals surface area contributed by atoms with E-state index in [1.165, 1.54) is 11.1 Å². The molecule has 0 spiro atoms. The second-order valence-electron chi connectivity index (χ2n) is 10.1. The predicted octanol–water partition coefficient (Wildman–Crippen LogP) is 1.74. The molecule has 16 heteroatoms. The van der Waals surface area contributed by atoms with Gasteiger partial charge in [0.1, 0.15) is 12.8 Å². The van der Waals surface area contributed by atoms with Crippen molar-refractivity contribution in [2.24, 2.45) is 7.05 Å². The number of anilines is 2. The van der Waals surface area contributed by atoms with Gasteiger partial charge in [-0.1, -0.05) is 42.5 Å². The van der Waals surface area contributed by atoms with E-state index < -0.39 is 24.5 Å². The average molecular weight is 713 g/mol. The second kappa shape index (κ2) is 13.2. The summed E-state index contributed by atoms with van der Waals surface area (Å²) in [6.07, 6.45) is -2.37. The Kier molecular flexibility index (Phi) is 8.91. The third-order valence-electron chi connectivity index (χ3n) is 7.20. The molecule has 1 aliphatic rings. The number of nitrogens with zero attached hydrogens (tertiary/aromatic N) is 9. The topological polar surface area (TPSA) is 178 Å². The molecule has 1 fully saturated rings. The number of carbonyl (C=O) groups excluding carboxylic acids is 1. The summed E-state index contributed by atoms with van der Waals surface area (Å²) >= 11 is 2.26. The largest absolute Gasteiger partial charge is 0.458 e. The van der Waals surface area contributed by atoms with Crippen LogP contribution in [-0.4, -0.2) is 81.9 Å². The highest BCUT2D eigenvalue weighted by Crippen LogP contribution is 2.40. The molecule has 0 radical (unpaired) electrons. The summed E-state index contributed by atoms with van der Waals surface area (Å²) in [5, 5.41) is 37.0. The molecule has 6 rings (SSSR count). The summed E-state index contributed by atoms with van der Waals surface area (Å²) in [4.78, 5) is 28.3. The van der Waals surface area contributed by atoms with Crippen molar-refractivity contribution in [2.45, 2.75) is 37.5 Å². The van der Waals surface area contributed by atoms with Crippen LogP contribution in [0.15, 0.2) is 60.9 Å². The highest BCUT2D eigenvalue weighted by Gasteiger charge is 2.49. The lowest BCUT2D eigenvalue weighted by Gasteiger charge is -2.22. The van der Waals surface area contributed by atoms with Crippen LogP contribution in [0.3, 0.4) is 0 Å². The van der Waals surface area contributed by atoms with Crippen molar-refractivity contribution in [3.8, 4) is 0 Å². The van der Waals surface area contributed by atoms with Gasteiger partial charge >= 0.3 is 0 Å². The van der Waals surface area contributed by atoms with Gasteiger partial charge in [-0.15, -0.1) is 10.2 Å². The molecule has 0 unspecified atom stereocenters. The number of hydrogen-bond acceptors (Lipinski definition) is 13. The lowest BCUT2D eigenvalue weighted by Crippen LogP contribution is -2.32. The number of benzene rings is 2. The number of ether oxygens (including phenoxy) is 2. The number of fused-ring (bicyclic) bond motifs is 1. The van der Waals surface area contributed by atoms with E-state index >= 15 is 0 Å². The minimum atomic E-state index is -1.32. The van der Waals surface area contributed by atoms with Crippen molar-refractivity contribution in [1.29, 1.82) is 0 Å². The molecule has 4 atom stereocenters. The van der Waals surface area contributed by atoms with Crippen LogP contribution in [0, 0.1) is 3.57 Å². The van der Waals surface area contributed by atoms with E-state index in [2.05, 4.69) is 54.4 Å². The zero-order chi connectivity index (χ0) is 30.6. The fourth-order valence-corrected chi connectivity index (χ4v) is 5.65. The number of hydrogen-bond donors (Lipinski definition) is 3. The molecule has 3 aromatic heterocycles. The van der Waals surface area contributed by atoms with E-state index in [0.717, 1.165) is 14.7 Å². The van der Waals surface area contributed by atoms with Gasteiger partial charge in [-0.05, 0) is 57.5 Å². The lowest BCUT2D eigenvalue weighted by atomic mass is 10.1. The van der Waals surface area contributed by atoms with Gasteiger partial charge < -0.3 is 29.9 Å². The first-order valence-corrected chi connectivity index (χ1v) is 14.8. The Morgan fingerprint density at radius 3 is 2.70 bits per heavy atom. The number of aromatic nitrogens is 8. The molecular formula is C28H29IN10O5. The van der Waals surface area contributed by atoms with Crippen LogP contribution < -0.4 is 10.2 Å². The quantitative estimate of drug-likeness (QED) is 0.0969. The van der Waals surface area contributed by atoms with Crippen LogP contribution in [-0.2, 0) is 34.3 Å². The zero-order valence-corrected chi connectivity index (χ0v) is 25.7. The molecule has 228 valence electrons. The maximum Gasteiger partial charge on any atom is 0.293 e. The molecule has 0 aliphatic carbocycles. The number of aryl methyl sites for hydroxylation is 1. The fourth-order valence-electron chi connectivity index (χ4n) is 5.05. The van der Waals surface area contributed by atoms with E-state index in [0.29, 0.717) is 36.5 Å².